The van der Waals surface area contributed by atoms with E-state index in [1.807, 2.05) is 45.0 Å². The number of amides is 1. The molecule has 0 radical (unpaired) electrons. The van der Waals surface area contributed by atoms with Crippen LogP contribution in [0.4, 0.5) is 16.3 Å². The summed E-state index contributed by atoms with van der Waals surface area (Å²) in [5.74, 6) is 0.488. The summed E-state index contributed by atoms with van der Waals surface area (Å²) in [5.41, 5.74) is 7.25. The zero-order valence-electron chi connectivity index (χ0n) is 17.5. The van der Waals surface area contributed by atoms with Crippen LogP contribution in [0.5, 0.6) is 0 Å². The molecule has 0 atom stereocenters. The maximum Gasteiger partial charge on any atom is 0.412 e. The summed E-state index contributed by atoms with van der Waals surface area (Å²) in [4.78, 5) is 22.8. The second-order valence-electron chi connectivity index (χ2n) is 8.55. The van der Waals surface area contributed by atoms with Gasteiger partial charge < -0.3 is 15.0 Å². The molecule has 0 spiro atoms. The number of nitrogen functional groups attached to an aromatic ring is 1. The number of hydrogen-bond donors (Lipinski definition) is 2. The van der Waals surface area contributed by atoms with E-state index in [2.05, 4.69) is 26.0 Å². The SMILES string of the molecule is CC(C)(C)OC(=O)Nc1cccc(Sc2cn(C3CCCC3)c3ncnc(N)c23)c1. The number of carbonyl (C=O) groups is 1. The maximum absolute atomic E-state index is 12.1. The third-order valence-corrected chi connectivity index (χ3v) is 6.05. The Morgan fingerprint density at radius 1 is 1.27 bits per heavy atom. The summed E-state index contributed by atoms with van der Waals surface area (Å²) in [5, 5.41) is 3.68. The molecule has 0 aliphatic heterocycles. The molecule has 7 nitrogen and oxygen atoms in total. The highest BCUT2D eigenvalue weighted by atomic mass is 32.2. The number of rotatable bonds is 4. The van der Waals surface area contributed by atoms with Crippen molar-refractivity contribution in [3.8, 4) is 0 Å². The smallest absolute Gasteiger partial charge is 0.412 e. The second-order valence-corrected chi connectivity index (χ2v) is 9.67. The van der Waals surface area contributed by atoms with Crippen LogP contribution in [0.1, 0.15) is 52.5 Å². The van der Waals surface area contributed by atoms with Gasteiger partial charge in [0.05, 0.1) is 5.39 Å². The molecule has 2 heterocycles. The second kappa shape index (κ2) is 8.18. The Labute approximate surface area is 180 Å². The average molecular weight is 426 g/mol. The van der Waals surface area contributed by atoms with Gasteiger partial charge in [-0.2, -0.15) is 0 Å². The minimum Gasteiger partial charge on any atom is -0.444 e. The third kappa shape index (κ3) is 4.53. The Balaban J connectivity index is 1.61. The van der Waals surface area contributed by atoms with Crippen LogP contribution in [0, 0.1) is 0 Å². The molecule has 0 unspecified atom stereocenters. The summed E-state index contributed by atoms with van der Waals surface area (Å²) in [6, 6.07) is 8.13. The molecule has 4 rings (SSSR count). The monoisotopic (exact) mass is 425 g/mol. The van der Waals surface area contributed by atoms with E-state index in [0.29, 0.717) is 17.5 Å². The van der Waals surface area contributed by atoms with Crippen molar-refractivity contribution in [3.63, 3.8) is 0 Å². The van der Waals surface area contributed by atoms with Gasteiger partial charge in [0.2, 0.25) is 0 Å². The first kappa shape index (κ1) is 20.5. The number of nitrogens with zero attached hydrogens (tertiary/aromatic N) is 3. The van der Waals surface area contributed by atoms with Crippen molar-refractivity contribution >= 4 is 40.4 Å². The Kier molecular flexibility index (Phi) is 5.60. The number of anilines is 2. The zero-order valence-corrected chi connectivity index (χ0v) is 18.3. The van der Waals surface area contributed by atoms with E-state index in [1.54, 1.807) is 11.8 Å². The van der Waals surface area contributed by atoms with Crippen LogP contribution in [0.3, 0.4) is 0 Å². The van der Waals surface area contributed by atoms with Gasteiger partial charge in [0, 0.05) is 27.7 Å². The fourth-order valence-corrected chi connectivity index (χ4v) is 4.85. The molecule has 8 heteroatoms. The zero-order chi connectivity index (χ0) is 21.3. The maximum atomic E-state index is 12.1. The number of hydrogen-bond acceptors (Lipinski definition) is 6. The molecule has 1 amide bonds. The highest BCUT2D eigenvalue weighted by molar-refractivity contribution is 7.99. The van der Waals surface area contributed by atoms with Gasteiger partial charge in [0.25, 0.3) is 0 Å². The van der Waals surface area contributed by atoms with E-state index in [1.165, 1.54) is 19.2 Å². The van der Waals surface area contributed by atoms with Crippen molar-refractivity contribution in [1.82, 2.24) is 14.5 Å². The van der Waals surface area contributed by atoms with Gasteiger partial charge in [-0.15, -0.1) is 0 Å². The number of fused-ring (bicyclic) bond motifs is 1. The van der Waals surface area contributed by atoms with Gasteiger partial charge in [-0.3, -0.25) is 5.32 Å². The van der Waals surface area contributed by atoms with Gasteiger partial charge in [-0.05, 0) is 51.8 Å². The lowest BCUT2D eigenvalue weighted by atomic mass is 10.2. The Morgan fingerprint density at radius 2 is 2.03 bits per heavy atom. The van der Waals surface area contributed by atoms with Crippen LogP contribution in [0.2, 0.25) is 0 Å². The van der Waals surface area contributed by atoms with Gasteiger partial charge in [-0.25, -0.2) is 14.8 Å². The summed E-state index contributed by atoms with van der Waals surface area (Å²) in [6.07, 6.45) is 8.01. The lowest BCUT2D eigenvalue weighted by Crippen LogP contribution is -2.27. The van der Waals surface area contributed by atoms with Gasteiger partial charge in [0.1, 0.15) is 23.4 Å². The first-order valence-corrected chi connectivity index (χ1v) is 11.0. The molecule has 3 aromatic rings. The quantitative estimate of drug-likeness (QED) is 0.563. The van der Waals surface area contributed by atoms with Crippen LogP contribution in [0.15, 0.2) is 46.6 Å². The van der Waals surface area contributed by atoms with Crippen LogP contribution < -0.4 is 11.1 Å². The summed E-state index contributed by atoms with van der Waals surface area (Å²) >= 11 is 1.59. The molecule has 1 aliphatic rings. The van der Waals surface area contributed by atoms with Crippen molar-refractivity contribution in [3.05, 3.63) is 36.8 Å². The number of ether oxygens (including phenoxy) is 1. The molecule has 30 heavy (non-hydrogen) atoms. The predicted molar refractivity (Wildman–Crippen MR) is 120 cm³/mol. The van der Waals surface area contributed by atoms with E-state index in [-0.39, 0.29) is 0 Å². The molecule has 0 saturated heterocycles. The molecule has 1 aromatic carbocycles. The number of benzene rings is 1. The summed E-state index contributed by atoms with van der Waals surface area (Å²) < 4.78 is 7.60. The van der Waals surface area contributed by atoms with Gasteiger partial charge in [-0.1, -0.05) is 30.7 Å². The molecule has 2 aromatic heterocycles. The first-order chi connectivity index (χ1) is 14.3. The third-order valence-electron chi connectivity index (χ3n) is 5.03. The van der Waals surface area contributed by atoms with Crippen LogP contribution in [-0.4, -0.2) is 26.2 Å². The fourth-order valence-electron chi connectivity index (χ4n) is 3.80. The average Bonchev–Trinajstić information content (AvgIpc) is 3.29. The predicted octanol–water partition coefficient (Wildman–Crippen LogP) is 5.63. The van der Waals surface area contributed by atoms with E-state index >= 15 is 0 Å². The van der Waals surface area contributed by atoms with Crippen LogP contribution >= 0.6 is 11.8 Å². The molecular weight excluding hydrogens is 398 g/mol. The lowest BCUT2D eigenvalue weighted by molar-refractivity contribution is 0.0636. The Bertz CT molecular complexity index is 1070. The van der Waals surface area contributed by atoms with Crippen molar-refractivity contribution in [1.29, 1.82) is 0 Å². The molecule has 158 valence electrons. The number of carbonyl (C=O) groups excluding carboxylic acids is 1. The Hall–Kier alpha value is -2.74. The summed E-state index contributed by atoms with van der Waals surface area (Å²) in [6.45, 7) is 5.52. The molecule has 3 N–H and O–H groups in total. The fraction of sp³-hybridized carbons (Fsp3) is 0.409. The minimum absolute atomic E-state index is 0.455. The van der Waals surface area contributed by atoms with Gasteiger partial charge in [0.15, 0.2) is 0 Å². The first-order valence-electron chi connectivity index (χ1n) is 10.2. The van der Waals surface area contributed by atoms with E-state index in [9.17, 15) is 4.79 Å². The standard InChI is InChI=1S/C22H27N5O2S/c1-22(2,3)29-21(28)26-14-7-6-10-16(11-14)30-17-12-27(15-8-4-5-9-15)20-18(17)19(23)24-13-25-20/h6-7,10-13,15H,4-5,8-9H2,1-3H3,(H,26,28)(H2,23,24,25). The van der Waals surface area contributed by atoms with E-state index in [0.717, 1.165) is 33.7 Å². The molecule has 1 saturated carbocycles. The number of nitrogens with two attached hydrogens (primary N) is 1. The van der Waals surface area contributed by atoms with Crippen molar-refractivity contribution in [2.24, 2.45) is 0 Å². The normalized spacial score (nSPS) is 14.9. The molecular formula is C22H27N5O2S. The van der Waals surface area contributed by atoms with E-state index in [4.69, 9.17) is 10.5 Å². The summed E-state index contributed by atoms with van der Waals surface area (Å²) in [7, 11) is 0. The van der Waals surface area contributed by atoms with E-state index < -0.39 is 11.7 Å². The van der Waals surface area contributed by atoms with Crippen molar-refractivity contribution in [2.45, 2.75) is 67.9 Å². The van der Waals surface area contributed by atoms with Crippen molar-refractivity contribution < 1.29 is 9.53 Å². The highest BCUT2D eigenvalue weighted by Crippen LogP contribution is 2.41. The molecule has 1 fully saturated rings. The lowest BCUT2D eigenvalue weighted by Gasteiger charge is -2.19. The molecule has 0 bridgehead atoms. The number of nitrogens with one attached hydrogen (secondary N) is 1. The Morgan fingerprint density at radius 3 is 2.77 bits per heavy atom. The largest absolute Gasteiger partial charge is 0.444 e. The topological polar surface area (TPSA) is 95.1 Å². The van der Waals surface area contributed by atoms with Gasteiger partial charge >= 0.3 is 6.09 Å². The van der Waals surface area contributed by atoms with Crippen LogP contribution in [-0.2, 0) is 4.74 Å². The highest BCUT2D eigenvalue weighted by Gasteiger charge is 2.23. The molecule has 1 aliphatic carbocycles. The van der Waals surface area contributed by atoms with Crippen molar-refractivity contribution in [2.75, 3.05) is 11.1 Å². The van der Waals surface area contributed by atoms with Crippen LogP contribution in [0.25, 0.3) is 11.0 Å². The number of aromatic nitrogens is 3. The minimum atomic E-state index is -0.546.